The summed E-state index contributed by atoms with van der Waals surface area (Å²) in [7, 11) is 0. The molecule has 0 heterocycles. The van der Waals surface area contributed by atoms with Gasteiger partial charge in [0.2, 0.25) is 5.91 Å². The summed E-state index contributed by atoms with van der Waals surface area (Å²) >= 11 is 0. The van der Waals surface area contributed by atoms with Crippen molar-refractivity contribution in [1.29, 1.82) is 0 Å². The maximum atomic E-state index is 12.1. The van der Waals surface area contributed by atoms with Crippen molar-refractivity contribution >= 4 is 29.3 Å². The predicted octanol–water partition coefficient (Wildman–Crippen LogP) is 4.20. The van der Waals surface area contributed by atoms with E-state index in [4.69, 9.17) is 0 Å². The standard InChI is InChI=1S/C24H21N3O3/c1-17(26-27-24(30)20-8-5-9-22(28)16-20)19-11-13-21(14-12-19)25-23(29)15-10-18-6-3-2-4-7-18/h2-16,28H,1H3,(H,25,29)(H,27,30)/b15-10+,26-17+. The number of nitrogens with one attached hydrogen (secondary N) is 2. The van der Waals surface area contributed by atoms with E-state index in [2.05, 4.69) is 15.8 Å². The fourth-order valence-corrected chi connectivity index (χ4v) is 2.63. The summed E-state index contributed by atoms with van der Waals surface area (Å²) < 4.78 is 0. The van der Waals surface area contributed by atoms with Gasteiger partial charge in [0, 0.05) is 17.3 Å². The molecule has 3 aromatic carbocycles. The second-order valence-electron chi connectivity index (χ2n) is 6.50. The van der Waals surface area contributed by atoms with E-state index in [1.54, 1.807) is 49.4 Å². The zero-order chi connectivity index (χ0) is 21.3. The lowest BCUT2D eigenvalue weighted by Crippen LogP contribution is -2.19. The molecule has 0 aliphatic heterocycles. The van der Waals surface area contributed by atoms with Crippen LogP contribution >= 0.6 is 0 Å². The van der Waals surface area contributed by atoms with Crippen molar-refractivity contribution in [1.82, 2.24) is 5.43 Å². The van der Waals surface area contributed by atoms with Gasteiger partial charge in [-0.2, -0.15) is 5.10 Å². The molecule has 0 bridgehead atoms. The van der Waals surface area contributed by atoms with Gasteiger partial charge in [-0.05, 0) is 54.5 Å². The number of aromatic hydroxyl groups is 1. The van der Waals surface area contributed by atoms with Crippen molar-refractivity contribution in [3.05, 3.63) is 102 Å². The van der Waals surface area contributed by atoms with E-state index in [9.17, 15) is 14.7 Å². The summed E-state index contributed by atoms with van der Waals surface area (Å²) in [6.45, 7) is 1.76. The molecule has 0 saturated carbocycles. The summed E-state index contributed by atoms with van der Waals surface area (Å²) in [4.78, 5) is 24.1. The van der Waals surface area contributed by atoms with Crippen molar-refractivity contribution in [2.45, 2.75) is 6.92 Å². The van der Waals surface area contributed by atoms with Gasteiger partial charge in [-0.15, -0.1) is 0 Å². The fraction of sp³-hybridized carbons (Fsp3) is 0.0417. The third-order valence-corrected chi connectivity index (χ3v) is 4.23. The van der Waals surface area contributed by atoms with Crippen LogP contribution in [0.15, 0.2) is 90.0 Å². The number of carbonyl (C=O) groups is 2. The quantitative estimate of drug-likeness (QED) is 0.330. The van der Waals surface area contributed by atoms with Crippen LogP contribution in [-0.4, -0.2) is 22.6 Å². The molecule has 3 aromatic rings. The molecular formula is C24H21N3O3. The Hall–Kier alpha value is -4.19. The topological polar surface area (TPSA) is 90.8 Å². The SMILES string of the molecule is C/C(=N\NC(=O)c1cccc(O)c1)c1ccc(NC(=O)/C=C/c2ccccc2)cc1. The molecule has 0 spiro atoms. The van der Waals surface area contributed by atoms with Crippen LogP contribution in [0.3, 0.4) is 0 Å². The highest BCUT2D eigenvalue weighted by Crippen LogP contribution is 2.12. The van der Waals surface area contributed by atoms with Crippen molar-refractivity contribution in [2.75, 3.05) is 5.32 Å². The highest BCUT2D eigenvalue weighted by atomic mass is 16.3. The van der Waals surface area contributed by atoms with E-state index in [0.717, 1.165) is 11.1 Å². The number of hydrazone groups is 1. The number of anilines is 1. The first-order valence-electron chi connectivity index (χ1n) is 9.29. The van der Waals surface area contributed by atoms with Crippen LogP contribution in [0.1, 0.15) is 28.4 Å². The lowest BCUT2D eigenvalue weighted by molar-refractivity contribution is -0.111. The Kier molecular flexibility index (Phi) is 6.74. The molecule has 0 atom stereocenters. The molecule has 3 rings (SSSR count). The van der Waals surface area contributed by atoms with Crippen LogP contribution in [0.2, 0.25) is 0 Å². The third-order valence-electron chi connectivity index (χ3n) is 4.23. The Bertz CT molecular complexity index is 1090. The Morgan fingerprint density at radius 1 is 0.900 bits per heavy atom. The smallest absolute Gasteiger partial charge is 0.271 e. The Labute approximate surface area is 174 Å². The fourth-order valence-electron chi connectivity index (χ4n) is 2.63. The van der Waals surface area contributed by atoms with Crippen molar-refractivity contribution in [3.8, 4) is 5.75 Å². The number of nitrogens with zero attached hydrogens (tertiary/aromatic N) is 1. The molecule has 0 unspecified atom stereocenters. The second kappa shape index (κ2) is 9.84. The summed E-state index contributed by atoms with van der Waals surface area (Å²) in [5.41, 5.74) is 5.77. The number of hydrogen-bond donors (Lipinski definition) is 3. The second-order valence-corrected chi connectivity index (χ2v) is 6.50. The minimum absolute atomic E-state index is 0.0135. The van der Waals surface area contributed by atoms with Gasteiger partial charge in [0.05, 0.1) is 5.71 Å². The molecule has 0 aliphatic rings. The van der Waals surface area contributed by atoms with Gasteiger partial charge in [0.1, 0.15) is 5.75 Å². The zero-order valence-electron chi connectivity index (χ0n) is 16.4. The Morgan fingerprint density at radius 3 is 2.33 bits per heavy atom. The zero-order valence-corrected chi connectivity index (χ0v) is 16.4. The van der Waals surface area contributed by atoms with Crippen LogP contribution in [0.4, 0.5) is 5.69 Å². The van der Waals surface area contributed by atoms with Gasteiger partial charge in [0.15, 0.2) is 0 Å². The van der Waals surface area contributed by atoms with Gasteiger partial charge < -0.3 is 10.4 Å². The lowest BCUT2D eigenvalue weighted by atomic mass is 10.1. The van der Waals surface area contributed by atoms with Gasteiger partial charge >= 0.3 is 0 Å². The number of rotatable bonds is 6. The van der Waals surface area contributed by atoms with E-state index < -0.39 is 5.91 Å². The minimum Gasteiger partial charge on any atom is -0.508 e. The predicted molar refractivity (Wildman–Crippen MR) is 118 cm³/mol. The lowest BCUT2D eigenvalue weighted by Gasteiger charge is -2.06. The van der Waals surface area contributed by atoms with Gasteiger partial charge in [-0.25, -0.2) is 5.43 Å². The highest BCUT2D eigenvalue weighted by molar-refractivity contribution is 6.03. The number of benzene rings is 3. The molecule has 0 aromatic heterocycles. The first-order chi connectivity index (χ1) is 14.5. The molecule has 6 nitrogen and oxygen atoms in total. The minimum atomic E-state index is -0.417. The monoisotopic (exact) mass is 399 g/mol. The van der Waals surface area contributed by atoms with Crippen LogP contribution < -0.4 is 10.7 Å². The molecule has 0 radical (unpaired) electrons. The summed E-state index contributed by atoms with van der Waals surface area (Å²) in [5, 5.41) is 16.3. The number of phenolic OH excluding ortho intramolecular Hbond substituents is 1. The molecule has 0 aliphatic carbocycles. The number of carbonyl (C=O) groups excluding carboxylic acids is 2. The molecule has 0 fully saturated rings. The third kappa shape index (κ3) is 5.90. The normalized spacial score (nSPS) is 11.3. The summed E-state index contributed by atoms with van der Waals surface area (Å²) in [6, 6.07) is 22.7. The Balaban J connectivity index is 1.57. The molecule has 0 saturated heterocycles. The average molecular weight is 399 g/mol. The first-order valence-corrected chi connectivity index (χ1v) is 9.29. The van der Waals surface area contributed by atoms with E-state index in [1.807, 2.05) is 30.3 Å². The molecule has 30 heavy (non-hydrogen) atoms. The summed E-state index contributed by atoms with van der Waals surface area (Å²) in [6.07, 6.45) is 3.22. The first kappa shape index (κ1) is 20.5. The van der Waals surface area contributed by atoms with Crippen molar-refractivity contribution < 1.29 is 14.7 Å². The van der Waals surface area contributed by atoms with Gasteiger partial charge in [0.25, 0.3) is 5.91 Å². The molecular weight excluding hydrogens is 378 g/mol. The molecule has 6 heteroatoms. The van der Waals surface area contributed by atoms with E-state index in [1.165, 1.54) is 18.2 Å². The van der Waals surface area contributed by atoms with Crippen molar-refractivity contribution in [3.63, 3.8) is 0 Å². The maximum Gasteiger partial charge on any atom is 0.271 e. The maximum absolute atomic E-state index is 12.1. The number of amides is 2. The van der Waals surface area contributed by atoms with Gasteiger partial charge in [-0.1, -0.05) is 48.5 Å². The van der Waals surface area contributed by atoms with Gasteiger partial charge in [-0.3, -0.25) is 9.59 Å². The highest BCUT2D eigenvalue weighted by Gasteiger charge is 2.06. The molecule has 2 amide bonds. The Morgan fingerprint density at radius 2 is 1.63 bits per heavy atom. The van der Waals surface area contributed by atoms with E-state index in [-0.39, 0.29) is 11.7 Å². The number of hydrogen-bond acceptors (Lipinski definition) is 4. The largest absolute Gasteiger partial charge is 0.508 e. The van der Waals surface area contributed by atoms with Crippen LogP contribution in [-0.2, 0) is 4.79 Å². The van der Waals surface area contributed by atoms with E-state index >= 15 is 0 Å². The molecule has 150 valence electrons. The van der Waals surface area contributed by atoms with Crippen LogP contribution in [0.5, 0.6) is 5.75 Å². The molecule has 3 N–H and O–H groups in total. The summed E-state index contributed by atoms with van der Waals surface area (Å²) in [5.74, 6) is -0.630. The van der Waals surface area contributed by atoms with Crippen LogP contribution in [0, 0.1) is 0 Å². The van der Waals surface area contributed by atoms with Crippen molar-refractivity contribution in [2.24, 2.45) is 5.10 Å². The average Bonchev–Trinajstić information content (AvgIpc) is 2.77. The van der Waals surface area contributed by atoms with Crippen LogP contribution in [0.25, 0.3) is 6.08 Å². The number of phenols is 1. The van der Waals surface area contributed by atoms with E-state index in [0.29, 0.717) is 17.0 Å².